The summed E-state index contributed by atoms with van der Waals surface area (Å²) < 4.78 is 39.0. The first-order valence-corrected chi connectivity index (χ1v) is 6.51. The van der Waals surface area contributed by atoms with Gasteiger partial charge in [-0.2, -0.15) is 0 Å². The van der Waals surface area contributed by atoms with E-state index >= 15 is 0 Å². The number of carbonyl (C=O) groups excluding carboxylic acids is 1. The van der Waals surface area contributed by atoms with Gasteiger partial charge >= 0.3 is 12.4 Å². The number of phenolic OH excluding ortho intramolecular Hbond substituents is 1. The molecule has 1 amide bonds. The Balaban J connectivity index is 1.93. The molecule has 1 aromatic rings. The van der Waals surface area contributed by atoms with Gasteiger partial charge in [-0.3, -0.25) is 0 Å². The molecule has 1 aliphatic rings. The Morgan fingerprint density at radius 2 is 2.05 bits per heavy atom. The van der Waals surface area contributed by atoms with Crippen LogP contribution in [0, 0.1) is 0 Å². The zero-order valence-electron chi connectivity index (χ0n) is 11.6. The maximum atomic E-state index is 12.9. The number of alkyl carbamates (subject to hydrolysis) is 1. The summed E-state index contributed by atoms with van der Waals surface area (Å²) in [7, 11) is 0. The lowest BCUT2D eigenvalue weighted by Crippen LogP contribution is -2.32. The van der Waals surface area contributed by atoms with E-state index in [1.54, 1.807) is 6.92 Å². The highest BCUT2D eigenvalue weighted by Gasteiger charge is 2.43. The van der Waals surface area contributed by atoms with Crippen molar-refractivity contribution in [2.75, 3.05) is 6.54 Å². The number of aromatic hydroxyl groups is 1. The van der Waals surface area contributed by atoms with Crippen molar-refractivity contribution in [3.8, 4) is 17.2 Å². The Labute approximate surface area is 124 Å². The fourth-order valence-electron chi connectivity index (χ4n) is 1.68. The summed E-state index contributed by atoms with van der Waals surface area (Å²) in [6.07, 6.45) is -4.82. The molecule has 1 aromatic carbocycles. The van der Waals surface area contributed by atoms with E-state index in [1.807, 2.05) is 0 Å². The van der Waals surface area contributed by atoms with Crippen molar-refractivity contribution in [1.29, 1.82) is 0 Å². The second-order valence-electron chi connectivity index (χ2n) is 4.61. The van der Waals surface area contributed by atoms with Crippen molar-refractivity contribution >= 4 is 6.09 Å². The predicted octanol–water partition coefficient (Wildman–Crippen LogP) is 1.71. The molecular weight excluding hydrogens is 304 g/mol. The number of fused-ring (bicyclic) bond motifs is 1. The Morgan fingerprint density at radius 3 is 2.68 bits per heavy atom. The molecule has 0 radical (unpaired) electrons. The van der Waals surface area contributed by atoms with Crippen LogP contribution >= 0.6 is 0 Å². The van der Waals surface area contributed by atoms with Gasteiger partial charge in [-0.1, -0.05) is 6.92 Å². The van der Waals surface area contributed by atoms with Crippen LogP contribution in [0.1, 0.15) is 18.9 Å². The Bertz CT molecular complexity index is 566. The first kappa shape index (κ1) is 16.1. The van der Waals surface area contributed by atoms with Crippen molar-refractivity contribution < 1.29 is 38.0 Å². The molecule has 9 heteroatoms. The van der Waals surface area contributed by atoms with E-state index < -0.39 is 18.5 Å². The third-order valence-corrected chi connectivity index (χ3v) is 2.91. The van der Waals surface area contributed by atoms with E-state index in [0.717, 1.165) is 12.1 Å². The third-order valence-electron chi connectivity index (χ3n) is 2.91. The third kappa shape index (κ3) is 3.88. The summed E-state index contributed by atoms with van der Waals surface area (Å²) in [6, 6.07) is 2.05. The van der Waals surface area contributed by atoms with Crippen LogP contribution in [0.5, 0.6) is 17.2 Å². The van der Waals surface area contributed by atoms with Crippen LogP contribution in [0.25, 0.3) is 0 Å². The maximum absolute atomic E-state index is 12.9. The molecule has 0 saturated carbocycles. The molecule has 2 rings (SSSR count). The van der Waals surface area contributed by atoms with Crippen LogP contribution in [-0.2, 0) is 11.3 Å². The zero-order valence-corrected chi connectivity index (χ0v) is 11.6. The lowest BCUT2D eigenvalue weighted by molar-refractivity contribution is -0.286. The van der Waals surface area contributed by atoms with E-state index in [0.29, 0.717) is 6.42 Å². The number of halogens is 2. The molecule has 122 valence electrons. The van der Waals surface area contributed by atoms with Crippen LogP contribution in [0.15, 0.2) is 12.1 Å². The molecule has 0 aliphatic carbocycles. The lowest BCUT2D eigenvalue weighted by atomic mass is 10.2. The van der Waals surface area contributed by atoms with E-state index in [9.17, 15) is 23.8 Å². The molecule has 1 heterocycles. The fourth-order valence-corrected chi connectivity index (χ4v) is 1.68. The first-order chi connectivity index (χ1) is 10.3. The van der Waals surface area contributed by atoms with Crippen molar-refractivity contribution in [3.63, 3.8) is 0 Å². The van der Waals surface area contributed by atoms with Crippen LogP contribution in [0.3, 0.4) is 0 Å². The van der Waals surface area contributed by atoms with Gasteiger partial charge in [-0.05, 0) is 12.5 Å². The summed E-state index contributed by atoms with van der Waals surface area (Å²) in [4.78, 5) is 11.4. The minimum Gasteiger partial charge on any atom is -0.507 e. The van der Waals surface area contributed by atoms with Gasteiger partial charge in [0.2, 0.25) is 0 Å². The number of amides is 1. The predicted molar refractivity (Wildman–Crippen MR) is 68.8 cm³/mol. The highest BCUT2D eigenvalue weighted by Crippen LogP contribution is 2.44. The second-order valence-corrected chi connectivity index (χ2v) is 4.61. The molecule has 0 bridgehead atoms. The topological polar surface area (TPSA) is 97.3 Å². The number of hydrogen-bond donors (Lipinski definition) is 3. The highest BCUT2D eigenvalue weighted by molar-refractivity contribution is 5.67. The molecular formula is C13H15F2NO6. The smallest absolute Gasteiger partial charge is 0.507 e. The van der Waals surface area contributed by atoms with Gasteiger partial charge in [-0.15, -0.1) is 8.78 Å². The largest absolute Gasteiger partial charge is 0.586 e. The number of hydrogen-bond acceptors (Lipinski definition) is 6. The number of nitrogens with one attached hydrogen (secondary N) is 1. The zero-order chi connectivity index (χ0) is 16.3. The minimum atomic E-state index is -3.79. The molecule has 3 N–H and O–H groups in total. The standard InChI is InChI=1S/C13H15F2NO6/c1-2-8(17)5-16-12(19)20-6-7-3-10-11(4-9(7)18)22-13(14,15)21-10/h3-4,8,17-18H,2,5-6H2,1H3,(H,16,19)/t8-/m0/s1. The summed E-state index contributed by atoms with van der Waals surface area (Å²) >= 11 is 0. The average molecular weight is 319 g/mol. The van der Waals surface area contributed by atoms with Crippen molar-refractivity contribution in [1.82, 2.24) is 5.32 Å². The van der Waals surface area contributed by atoms with Gasteiger partial charge in [-0.25, -0.2) is 4.79 Å². The average Bonchev–Trinajstić information content (AvgIpc) is 2.74. The summed E-state index contributed by atoms with van der Waals surface area (Å²) in [5.74, 6) is -0.938. The Kier molecular flexibility index (Phi) is 4.55. The summed E-state index contributed by atoms with van der Waals surface area (Å²) in [6.45, 7) is 1.41. The SMILES string of the molecule is CC[C@H](O)CNC(=O)OCc1cc2c(cc1O)OC(F)(F)O2. The summed E-state index contributed by atoms with van der Waals surface area (Å²) in [5, 5.41) is 21.3. The number of alkyl halides is 2. The van der Waals surface area contributed by atoms with Crippen molar-refractivity contribution in [3.05, 3.63) is 17.7 Å². The highest BCUT2D eigenvalue weighted by atomic mass is 19.3. The number of phenols is 1. The summed E-state index contributed by atoms with van der Waals surface area (Å²) in [5.41, 5.74) is 0.0752. The van der Waals surface area contributed by atoms with Crippen LogP contribution < -0.4 is 14.8 Å². The number of carbonyl (C=O) groups is 1. The number of aliphatic hydroxyl groups is 1. The molecule has 1 aliphatic heterocycles. The fraction of sp³-hybridized carbons (Fsp3) is 0.462. The van der Waals surface area contributed by atoms with E-state index in [4.69, 9.17) is 4.74 Å². The van der Waals surface area contributed by atoms with E-state index in [1.165, 1.54) is 0 Å². The normalized spacial score (nSPS) is 16.2. The monoisotopic (exact) mass is 319 g/mol. The second kappa shape index (κ2) is 6.22. The van der Waals surface area contributed by atoms with Crippen molar-refractivity contribution in [2.45, 2.75) is 32.4 Å². The number of rotatable bonds is 5. The van der Waals surface area contributed by atoms with Gasteiger partial charge in [0, 0.05) is 18.2 Å². The van der Waals surface area contributed by atoms with Crippen molar-refractivity contribution in [2.24, 2.45) is 0 Å². The molecule has 7 nitrogen and oxygen atoms in total. The number of ether oxygens (including phenoxy) is 3. The van der Waals surface area contributed by atoms with Gasteiger partial charge in [0.05, 0.1) is 6.10 Å². The van der Waals surface area contributed by atoms with Gasteiger partial charge < -0.3 is 29.7 Å². The lowest BCUT2D eigenvalue weighted by Gasteiger charge is -2.11. The van der Waals surface area contributed by atoms with Crippen LogP contribution in [-0.4, -0.2) is 35.2 Å². The molecule has 0 saturated heterocycles. The molecule has 0 unspecified atom stereocenters. The van der Waals surface area contributed by atoms with Crippen LogP contribution in [0.2, 0.25) is 0 Å². The first-order valence-electron chi connectivity index (χ1n) is 6.51. The molecule has 0 aromatic heterocycles. The van der Waals surface area contributed by atoms with E-state index in [-0.39, 0.29) is 36.0 Å². The van der Waals surface area contributed by atoms with Gasteiger partial charge in [0.25, 0.3) is 0 Å². The Morgan fingerprint density at radius 1 is 1.41 bits per heavy atom. The van der Waals surface area contributed by atoms with E-state index in [2.05, 4.69) is 14.8 Å². The van der Waals surface area contributed by atoms with Crippen LogP contribution in [0.4, 0.5) is 13.6 Å². The Hall–Kier alpha value is -2.29. The minimum absolute atomic E-state index is 0.0225. The molecule has 22 heavy (non-hydrogen) atoms. The molecule has 0 spiro atoms. The number of benzene rings is 1. The van der Waals surface area contributed by atoms with Gasteiger partial charge in [0.1, 0.15) is 12.4 Å². The maximum Gasteiger partial charge on any atom is 0.586 e. The quantitative estimate of drug-likeness (QED) is 0.764. The molecule has 1 atom stereocenters. The van der Waals surface area contributed by atoms with Gasteiger partial charge in [0.15, 0.2) is 11.5 Å². The molecule has 0 fully saturated rings. The number of aliphatic hydroxyl groups excluding tert-OH is 1.